The Morgan fingerprint density at radius 3 is 2.80 bits per heavy atom. The van der Waals surface area contributed by atoms with Crippen molar-refractivity contribution in [2.75, 3.05) is 19.9 Å². The summed E-state index contributed by atoms with van der Waals surface area (Å²) in [6.45, 7) is -0.00924. The topological polar surface area (TPSA) is 110 Å². The molecule has 0 spiro atoms. The number of benzene rings is 1. The van der Waals surface area contributed by atoms with Crippen molar-refractivity contribution in [3.05, 3.63) is 53.6 Å². The van der Waals surface area contributed by atoms with Crippen LogP contribution in [0, 0.1) is 0 Å². The maximum absolute atomic E-state index is 12.3. The van der Waals surface area contributed by atoms with E-state index >= 15 is 0 Å². The first-order valence-corrected chi connectivity index (χ1v) is 7.52. The van der Waals surface area contributed by atoms with E-state index in [2.05, 4.69) is 10.6 Å². The molecule has 2 heterocycles. The van der Waals surface area contributed by atoms with E-state index in [-0.39, 0.29) is 31.4 Å². The molecule has 3 rings (SSSR count). The highest BCUT2D eigenvalue weighted by Crippen LogP contribution is 2.33. The van der Waals surface area contributed by atoms with Crippen LogP contribution in [0.3, 0.4) is 0 Å². The molecular formula is C17H16N2O6. The lowest BCUT2D eigenvalue weighted by molar-refractivity contribution is -0.117. The predicted molar refractivity (Wildman–Crippen MR) is 86.8 cm³/mol. The van der Waals surface area contributed by atoms with Crippen LogP contribution in [0.4, 0.5) is 0 Å². The molecule has 0 saturated heterocycles. The second-order valence-corrected chi connectivity index (χ2v) is 5.08. The molecule has 0 atom stereocenters. The molecule has 0 bridgehead atoms. The van der Waals surface area contributed by atoms with Gasteiger partial charge in [-0.05, 0) is 35.9 Å². The predicted octanol–water partition coefficient (Wildman–Crippen LogP) is 0.888. The Bertz CT molecular complexity index is 797. The number of carbonyl (C=O) groups excluding carboxylic acids is 2. The molecule has 1 aliphatic rings. The molecule has 0 fully saturated rings. The van der Waals surface area contributed by atoms with E-state index in [0.29, 0.717) is 17.1 Å². The third-order valence-electron chi connectivity index (χ3n) is 3.34. The van der Waals surface area contributed by atoms with Crippen LogP contribution in [-0.2, 0) is 4.79 Å². The van der Waals surface area contributed by atoms with Crippen molar-refractivity contribution in [2.24, 2.45) is 0 Å². The van der Waals surface area contributed by atoms with Crippen LogP contribution >= 0.6 is 0 Å². The van der Waals surface area contributed by atoms with Crippen LogP contribution in [0.5, 0.6) is 11.5 Å². The molecule has 0 radical (unpaired) electrons. The van der Waals surface area contributed by atoms with Crippen LogP contribution < -0.4 is 20.1 Å². The second-order valence-electron chi connectivity index (χ2n) is 5.08. The zero-order valence-electron chi connectivity index (χ0n) is 13.2. The van der Waals surface area contributed by atoms with Gasteiger partial charge in [0.15, 0.2) is 17.3 Å². The van der Waals surface area contributed by atoms with Crippen molar-refractivity contribution >= 4 is 17.9 Å². The first kappa shape index (κ1) is 16.6. The van der Waals surface area contributed by atoms with Crippen molar-refractivity contribution < 1.29 is 28.6 Å². The summed E-state index contributed by atoms with van der Waals surface area (Å²) in [5, 5.41) is 13.9. The molecule has 1 aliphatic heterocycles. The van der Waals surface area contributed by atoms with Crippen LogP contribution in [0.1, 0.15) is 16.1 Å². The number of carbonyl (C=O) groups is 2. The number of fused-ring (bicyclic) bond motifs is 1. The molecule has 8 nitrogen and oxygen atoms in total. The van der Waals surface area contributed by atoms with Gasteiger partial charge < -0.3 is 29.6 Å². The summed E-state index contributed by atoms with van der Waals surface area (Å²) in [5.74, 6) is 0.151. The standard InChI is InChI=1S/C17H16N2O6/c20-6-5-18-16(21)12(19-17(22)14-2-1-7-23-14)8-11-3-4-13-15(9-11)25-10-24-13/h1-4,7-9,20H,5-6,10H2,(H,18,21)(H,19,22)/b12-8-. The zero-order valence-corrected chi connectivity index (χ0v) is 13.2. The number of hydrogen-bond acceptors (Lipinski definition) is 6. The summed E-state index contributed by atoms with van der Waals surface area (Å²) in [6, 6.07) is 8.19. The lowest BCUT2D eigenvalue weighted by Crippen LogP contribution is -2.36. The number of ether oxygens (including phenoxy) is 2. The molecule has 2 amide bonds. The Balaban J connectivity index is 1.84. The number of aliphatic hydroxyl groups excluding tert-OH is 1. The van der Waals surface area contributed by atoms with Gasteiger partial charge >= 0.3 is 0 Å². The quantitative estimate of drug-likeness (QED) is 0.671. The van der Waals surface area contributed by atoms with E-state index in [1.165, 1.54) is 18.4 Å². The third kappa shape index (κ3) is 3.99. The Kier molecular flexibility index (Phi) is 5.00. The average Bonchev–Trinajstić information content (AvgIpc) is 3.29. The number of hydrogen-bond donors (Lipinski definition) is 3. The molecule has 8 heteroatoms. The van der Waals surface area contributed by atoms with E-state index in [4.69, 9.17) is 19.0 Å². The monoisotopic (exact) mass is 344 g/mol. The van der Waals surface area contributed by atoms with Gasteiger partial charge in [-0.2, -0.15) is 0 Å². The van der Waals surface area contributed by atoms with Crippen molar-refractivity contribution in [1.82, 2.24) is 10.6 Å². The summed E-state index contributed by atoms with van der Waals surface area (Å²) in [6.07, 6.45) is 2.86. The zero-order chi connectivity index (χ0) is 17.6. The lowest BCUT2D eigenvalue weighted by atomic mass is 10.1. The van der Waals surface area contributed by atoms with E-state index < -0.39 is 11.8 Å². The van der Waals surface area contributed by atoms with E-state index in [9.17, 15) is 9.59 Å². The molecule has 25 heavy (non-hydrogen) atoms. The molecule has 1 aromatic heterocycles. The van der Waals surface area contributed by atoms with Crippen LogP contribution in [0.2, 0.25) is 0 Å². The van der Waals surface area contributed by atoms with Crippen molar-refractivity contribution in [2.45, 2.75) is 0 Å². The highest BCUT2D eigenvalue weighted by atomic mass is 16.7. The van der Waals surface area contributed by atoms with Gasteiger partial charge in [0, 0.05) is 6.54 Å². The van der Waals surface area contributed by atoms with Crippen molar-refractivity contribution in [3.8, 4) is 11.5 Å². The number of rotatable bonds is 6. The van der Waals surface area contributed by atoms with Crippen LogP contribution in [0.15, 0.2) is 46.7 Å². The summed E-state index contributed by atoms with van der Waals surface area (Å²) in [5.41, 5.74) is 0.645. The summed E-state index contributed by atoms with van der Waals surface area (Å²) < 4.78 is 15.6. The third-order valence-corrected chi connectivity index (χ3v) is 3.34. The molecule has 0 saturated carbocycles. The maximum atomic E-state index is 12.3. The van der Waals surface area contributed by atoms with Gasteiger partial charge in [0.2, 0.25) is 6.79 Å². The minimum Gasteiger partial charge on any atom is -0.459 e. The molecule has 1 aromatic carbocycles. The Morgan fingerprint density at radius 2 is 2.04 bits per heavy atom. The first-order chi connectivity index (χ1) is 12.2. The normalized spacial score (nSPS) is 12.8. The number of amides is 2. The first-order valence-electron chi connectivity index (χ1n) is 7.52. The Hall–Kier alpha value is -3.26. The number of nitrogens with one attached hydrogen (secondary N) is 2. The van der Waals surface area contributed by atoms with Gasteiger partial charge in [0.25, 0.3) is 11.8 Å². The van der Waals surface area contributed by atoms with Gasteiger partial charge in [-0.1, -0.05) is 6.07 Å². The molecule has 130 valence electrons. The lowest BCUT2D eigenvalue weighted by Gasteiger charge is -2.09. The van der Waals surface area contributed by atoms with Gasteiger partial charge in [-0.3, -0.25) is 9.59 Å². The van der Waals surface area contributed by atoms with Crippen molar-refractivity contribution in [1.29, 1.82) is 0 Å². The smallest absolute Gasteiger partial charge is 0.291 e. The molecule has 0 unspecified atom stereocenters. The van der Waals surface area contributed by atoms with E-state index in [1.54, 1.807) is 24.3 Å². The van der Waals surface area contributed by atoms with Gasteiger partial charge in [0.1, 0.15) is 5.70 Å². The summed E-state index contributed by atoms with van der Waals surface area (Å²) >= 11 is 0. The van der Waals surface area contributed by atoms with Gasteiger partial charge in [0.05, 0.1) is 12.9 Å². The Morgan fingerprint density at radius 1 is 1.20 bits per heavy atom. The SMILES string of the molecule is O=C(NCCO)/C(=C/c1ccc2c(c1)OCO2)NC(=O)c1ccco1. The summed E-state index contributed by atoms with van der Waals surface area (Å²) in [7, 11) is 0. The maximum Gasteiger partial charge on any atom is 0.291 e. The highest BCUT2D eigenvalue weighted by Gasteiger charge is 2.17. The van der Waals surface area contributed by atoms with Gasteiger partial charge in [-0.15, -0.1) is 0 Å². The second kappa shape index (κ2) is 7.54. The van der Waals surface area contributed by atoms with Crippen LogP contribution in [-0.4, -0.2) is 36.9 Å². The van der Waals surface area contributed by atoms with Crippen molar-refractivity contribution in [3.63, 3.8) is 0 Å². The van der Waals surface area contributed by atoms with Crippen LogP contribution in [0.25, 0.3) is 6.08 Å². The fourth-order valence-electron chi connectivity index (χ4n) is 2.18. The molecular weight excluding hydrogens is 328 g/mol. The Labute approximate surface area is 143 Å². The van der Waals surface area contributed by atoms with E-state index in [0.717, 1.165) is 0 Å². The van der Waals surface area contributed by atoms with Gasteiger partial charge in [-0.25, -0.2) is 0 Å². The number of furan rings is 1. The highest BCUT2D eigenvalue weighted by molar-refractivity contribution is 6.04. The minimum atomic E-state index is -0.559. The molecule has 0 aliphatic carbocycles. The fraction of sp³-hybridized carbons (Fsp3) is 0.176. The number of aliphatic hydroxyl groups is 1. The summed E-state index contributed by atoms with van der Waals surface area (Å²) in [4.78, 5) is 24.4. The fourth-order valence-corrected chi connectivity index (χ4v) is 2.18. The minimum absolute atomic E-state index is 0.00807. The largest absolute Gasteiger partial charge is 0.459 e. The molecule has 2 aromatic rings. The average molecular weight is 344 g/mol. The molecule has 3 N–H and O–H groups in total. The van der Waals surface area contributed by atoms with E-state index in [1.807, 2.05) is 0 Å².